The first kappa shape index (κ1) is 12.7. The second-order valence-corrected chi connectivity index (χ2v) is 4.79. The van der Waals surface area contributed by atoms with Crippen molar-refractivity contribution in [3.05, 3.63) is 29.8 Å². The molecular formula is C14H20N2O2. The number of ether oxygens (including phenoxy) is 1. The zero-order valence-corrected chi connectivity index (χ0v) is 11.0. The van der Waals surface area contributed by atoms with E-state index in [-0.39, 0.29) is 6.03 Å². The lowest BCUT2D eigenvalue weighted by Gasteiger charge is -2.14. The molecule has 1 saturated heterocycles. The number of rotatable bonds is 5. The van der Waals surface area contributed by atoms with Gasteiger partial charge in [0.1, 0.15) is 12.4 Å². The predicted octanol–water partition coefficient (Wildman–Crippen LogP) is 2.21. The van der Waals surface area contributed by atoms with E-state index in [1.54, 1.807) is 4.90 Å². The molecule has 0 atom stereocenters. The van der Waals surface area contributed by atoms with Crippen molar-refractivity contribution >= 4 is 6.03 Å². The highest BCUT2D eigenvalue weighted by molar-refractivity contribution is 5.76. The molecule has 98 valence electrons. The highest BCUT2D eigenvalue weighted by Crippen LogP contribution is 2.18. The third-order valence-electron chi connectivity index (χ3n) is 3.12. The van der Waals surface area contributed by atoms with Gasteiger partial charge in [-0.25, -0.2) is 4.79 Å². The van der Waals surface area contributed by atoms with Gasteiger partial charge >= 0.3 is 6.03 Å². The van der Waals surface area contributed by atoms with Crippen LogP contribution >= 0.6 is 0 Å². The molecule has 2 rings (SSSR count). The molecule has 0 radical (unpaired) electrons. The Hall–Kier alpha value is -1.71. The molecule has 4 nitrogen and oxygen atoms in total. The maximum Gasteiger partial charge on any atom is 0.317 e. The molecule has 1 aliphatic heterocycles. The number of hydrogen-bond acceptors (Lipinski definition) is 2. The van der Waals surface area contributed by atoms with Crippen molar-refractivity contribution in [3.8, 4) is 5.75 Å². The zero-order chi connectivity index (χ0) is 13.0. The molecule has 0 bridgehead atoms. The topological polar surface area (TPSA) is 41.6 Å². The fraction of sp³-hybridized carbons (Fsp3) is 0.500. The number of nitrogens with one attached hydrogen (secondary N) is 1. The van der Waals surface area contributed by atoms with E-state index in [4.69, 9.17) is 4.74 Å². The molecule has 1 aromatic carbocycles. The van der Waals surface area contributed by atoms with Crippen molar-refractivity contribution in [3.63, 3.8) is 0 Å². The van der Waals surface area contributed by atoms with Gasteiger partial charge in [0.15, 0.2) is 0 Å². The molecule has 1 aromatic rings. The molecule has 0 spiro atoms. The van der Waals surface area contributed by atoms with Crippen LogP contribution in [0.5, 0.6) is 5.75 Å². The molecular weight excluding hydrogens is 228 g/mol. The lowest BCUT2D eigenvalue weighted by molar-refractivity contribution is 0.202. The van der Waals surface area contributed by atoms with E-state index in [9.17, 15) is 4.79 Å². The van der Waals surface area contributed by atoms with E-state index in [1.165, 1.54) is 5.56 Å². The van der Waals surface area contributed by atoms with Crippen LogP contribution in [0, 0.1) is 0 Å². The average molecular weight is 248 g/mol. The largest absolute Gasteiger partial charge is 0.492 e. The Morgan fingerprint density at radius 3 is 2.61 bits per heavy atom. The van der Waals surface area contributed by atoms with Crippen molar-refractivity contribution in [1.29, 1.82) is 0 Å². The van der Waals surface area contributed by atoms with Gasteiger partial charge < -0.3 is 15.0 Å². The summed E-state index contributed by atoms with van der Waals surface area (Å²) in [5.74, 6) is 1.39. The highest BCUT2D eigenvalue weighted by Gasteiger charge is 2.18. The molecule has 18 heavy (non-hydrogen) atoms. The standard InChI is InChI=1S/C14H20N2O2/c1-11(2)12-3-5-13(6-4-12)18-10-9-16-8-7-15-14(16)17/h3-6,11H,7-10H2,1-2H3,(H,15,17). The van der Waals surface area contributed by atoms with Crippen LogP contribution < -0.4 is 10.1 Å². The smallest absolute Gasteiger partial charge is 0.317 e. The summed E-state index contributed by atoms with van der Waals surface area (Å²) in [6.07, 6.45) is 0. The van der Waals surface area contributed by atoms with Crippen LogP contribution in [0.4, 0.5) is 4.79 Å². The first-order valence-electron chi connectivity index (χ1n) is 6.42. The highest BCUT2D eigenvalue weighted by atomic mass is 16.5. The van der Waals surface area contributed by atoms with E-state index in [0.717, 1.165) is 18.8 Å². The molecule has 1 fully saturated rings. The van der Waals surface area contributed by atoms with Crippen molar-refractivity contribution in [2.24, 2.45) is 0 Å². The van der Waals surface area contributed by atoms with Crippen molar-refractivity contribution in [2.75, 3.05) is 26.2 Å². The maximum absolute atomic E-state index is 11.3. The number of hydrogen-bond donors (Lipinski definition) is 1. The minimum atomic E-state index is 0.00811. The Balaban J connectivity index is 1.78. The Labute approximate surface area is 108 Å². The summed E-state index contributed by atoms with van der Waals surface area (Å²) in [6.45, 7) is 7.02. The van der Waals surface area contributed by atoms with Crippen LogP contribution in [0.2, 0.25) is 0 Å². The van der Waals surface area contributed by atoms with Gasteiger partial charge in [-0.15, -0.1) is 0 Å². The van der Waals surface area contributed by atoms with Crippen molar-refractivity contribution < 1.29 is 9.53 Å². The summed E-state index contributed by atoms with van der Waals surface area (Å²) < 4.78 is 5.63. The van der Waals surface area contributed by atoms with E-state index >= 15 is 0 Å². The van der Waals surface area contributed by atoms with Crippen LogP contribution in [0.1, 0.15) is 25.3 Å². The van der Waals surface area contributed by atoms with Crippen LogP contribution in [-0.2, 0) is 0 Å². The molecule has 0 saturated carbocycles. The molecule has 1 aliphatic rings. The van der Waals surface area contributed by atoms with Crippen LogP contribution in [0.15, 0.2) is 24.3 Å². The third kappa shape index (κ3) is 3.15. The summed E-state index contributed by atoms with van der Waals surface area (Å²) in [6, 6.07) is 8.15. The first-order chi connectivity index (χ1) is 8.66. The number of nitrogens with zero attached hydrogens (tertiary/aromatic N) is 1. The van der Waals surface area contributed by atoms with Gasteiger partial charge in [-0.05, 0) is 23.6 Å². The molecule has 0 unspecified atom stereocenters. The summed E-state index contributed by atoms with van der Waals surface area (Å²) in [5.41, 5.74) is 1.31. The Kier molecular flexibility index (Phi) is 4.07. The van der Waals surface area contributed by atoms with Gasteiger partial charge in [0.2, 0.25) is 0 Å². The number of benzene rings is 1. The quantitative estimate of drug-likeness (QED) is 0.868. The van der Waals surface area contributed by atoms with Gasteiger partial charge in [0.05, 0.1) is 6.54 Å². The molecule has 2 amide bonds. The van der Waals surface area contributed by atoms with Gasteiger partial charge in [0.25, 0.3) is 0 Å². The predicted molar refractivity (Wildman–Crippen MR) is 71.0 cm³/mol. The van der Waals surface area contributed by atoms with Gasteiger partial charge in [0, 0.05) is 13.1 Å². The molecule has 0 aromatic heterocycles. The first-order valence-corrected chi connectivity index (χ1v) is 6.42. The normalized spacial score (nSPS) is 15.1. The minimum Gasteiger partial charge on any atom is -0.492 e. The van der Waals surface area contributed by atoms with E-state index in [2.05, 4.69) is 31.3 Å². The zero-order valence-electron chi connectivity index (χ0n) is 11.0. The van der Waals surface area contributed by atoms with E-state index in [1.807, 2.05) is 12.1 Å². The second-order valence-electron chi connectivity index (χ2n) is 4.79. The monoisotopic (exact) mass is 248 g/mol. The van der Waals surface area contributed by atoms with Crippen molar-refractivity contribution in [2.45, 2.75) is 19.8 Å². The maximum atomic E-state index is 11.3. The fourth-order valence-electron chi connectivity index (χ4n) is 1.95. The third-order valence-corrected chi connectivity index (χ3v) is 3.12. The van der Waals surface area contributed by atoms with Crippen LogP contribution in [0.25, 0.3) is 0 Å². The number of carbonyl (C=O) groups excluding carboxylic acids is 1. The summed E-state index contributed by atoms with van der Waals surface area (Å²) >= 11 is 0. The lowest BCUT2D eigenvalue weighted by Crippen LogP contribution is -2.31. The van der Waals surface area contributed by atoms with Crippen LogP contribution in [0.3, 0.4) is 0 Å². The van der Waals surface area contributed by atoms with Crippen molar-refractivity contribution in [1.82, 2.24) is 10.2 Å². The Morgan fingerprint density at radius 1 is 1.33 bits per heavy atom. The van der Waals surface area contributed by atoms with E-state index < -0.39 is 0 Å². The van der Waals surface area contributed by atoms with Crippen LogP contribution in [-0.4, -0.2) is 37.2 Å². The summed E-state index contributed by atoms with van der Waals surface area (Å²) in [7, 11) is 0. The second kappa shape index (κ2) is 5.76. The number of carbonyl (C=O) groups is 1. The van der Waals surface area contributed by atoms with Gasteiger partial charge in [-0.1, -0.05) is 26.0 Å². The van der Waals surface area contributed by atoms with Gasteiger partial charge in [-0.3, -0.25) is 0 Å². The summed E-state index contributed by atoms with van der Waals surface area (Å²) in [4.78, 5) is 13.1. The lowest BCUT2D eigenvalue weighted by atomic mass is 10.0. The minimum absolute atomic E-state index is 0.00811. The molecule has 1 N–H and O–H groups in total. The Bertz CT molecular complexity index is 401. The Morgan fingerprint density at radius 2 is 2.06 bits per heavy atom. The number of urea groups is 1. The molecule has 0 aliphatic carbocycles. The van der Waals surface area contributed by atoms with Gasteiger partial charge in [-0.2, -0.15) is 0 Å². The summed E-state index contributed by atoms with van der Waals surface area (Å²) in [5, 5.41) is 2.77. The average Bonchev–Trinajstić information content (AvgIpc) is 2.76. The number of amides is 2. The molecule has 1 heterocycles. The SMILES string of the molecule is CC(C)c1ccc(OCCN2CCNC2=O)cc1. The van der Waals surface area contributed by atoms with E-state index in [0.29, 0.717) is 19.1 Å². The molecule has 4 heteroatoms. The fourth-order valence-corrected chi connectivity index (χ4v) is 1.95.